The molecule has 4 rings (SSSR count). The molecule has 2 N–H and O–H groups in total. The predicted octanol–water partition coefficient (Wildman–Crippen LogP) is 3.17. The van der Waals surface area contributed by atoms with Gasteiger partial charge in [0.05, 0.1) is 17.9 Å². The van der Waals surface area contributed by atoms with Gasteiger partial charge in [-0.25, -0.2) is 9.78 Å². The van der Waals surface area contributed by atoms with Gasteiger partial charge in [-0.1, -0.05) is 30.3 Å². The van der Waals surface area contributed by atoms with Crippen molar-refractivity contribution in [3.05, 3.63) is 71.2 Å². The summed E-state index contributed by atoms with van der Waals surface area (Å²) in [6.07, 6.45) is 4.18. The number of benzene rings is 1. The summed E-state index contributed by atoms with van der Waals surface area (Å²) in [6, 6.07) is 14.3. The molecule has 1 aliphatic rings. The van der Waals surface area contributed by atoms with Gasteiger partial charge in [-0.3, -0.25) is 0 Å². The summed E-state index contributed by atoms with van der Waals surface area (Å²) in [5.74, 6) is 0.416. The van der Waals surface area contributed by atoms with Crippen molar-refractivity contribution in [3.8, 4) is 0 Å². The maximum Gasteiger partial charge on any atom is 0.315 e. The second-order valence-corrected chi connectivity index (χ2v) is 6.57. The zero-order valence-electron chi connectivity index (χ0n) is 14.3. The number of carbonyl (C=O) groups excluding carboxylic acids is 1. The van der Waals surface area contributed by atoms with E-state index in [0.29, 0.717) is 19.0 Å². The van der Waals surface area contributed by atoms with Gasteiger partial charge in [-0.05, 0) is 43.0 Å². The van der Waals surface area contributed by atoms with Crippen LogP contribution in [0.4, 0.5) is 4.79 Å². The van der Waals surface area contributed by atoms with Crippen LogP contribution in [0.25, 0.3) is 5.65 Å². The lowest BCUT2D eigenvalue weighted by Crippen LogP contribution is -2.37. The molecule has 128 valence electrons. The van der Waals surface area contributed by atoms with E-state index in [0.717, 1.165) is 29.9 Å². The van der Waals surface area contributed by atoms with Crippen LogP contribution in [-0.4, -0.2) is 22.0 Å². The number of pyridine rings is 1. The molecular formula is C20H22N4O. The summed E-state index contributed by atoms with van der Waals surface area (Å²) in [7, 11) is 0. The number of rotatable bonds is 4. The summed E-state index contributed by atoms with van der Waals surface area (Å²) < 4.78 is 2.02. The molecule has 1 atom stereocenters. The predicted molar refractivity (Wildman–Crippen MR) is 97.7 cm³/mol. The van der Waals surface area contributed by atoms with Crippen LogP contribution < -0.4 is 10.6 Å². The van der Waals surface area contributed by atoms with Crippen molar-refractivity contribution in [2.45, 2.75) is 32.2 Å². The molecule has 0 fully saturated rings. The van der Waals surface area contributed by atoms with E-state index in [9.17, 15) is 4.79 Å². The van der Waals surface area contributed by atoms with Gasteiger partial charge >= 0.3 is 6.03 Å². The Balaban J connectivity index is 1.35. The lowest BCUT2D eigenvalue weighted by Gasteiger charge is -2.13. The molecular weight excluding hydrogens is 312 g/mol. The number of carbonyl (C=O) groups is 1. The number of nitrogens with zero attached hydrogens (tertiary/aromatic N) is 2. The zero-order valence-corrected chi connectivity index (χ0v) is 14.3. The van der Waals surface area contributed by atoms with Crippen LogP contribution in [0.2, 0.25) is 0 Å². The molecule has 25 heavy (non-hydrogen) atoms. The van der Waals surface area contributed by atoms with Crippen LogP contribution in [-0.2, 0) is 13.0 Å². The highest BCUT2D eigenvalue weighted by molar-refractivity contribution is 5.74. The number of aryl methyl sites for hydroxylation is 2. The number of aromatic nitrogens is 2. The monoisotopic (exact) mass is 334 g/mol. The molecule has 0 saturated heterocycles. The van der Waals surface area contributed by atoms with E-state index in [4.69, 9.17) is 0 Å². The SMILES string of the molecule is Cc1nc2ccccn2c1CNC(=O)NCC1CCc2ccccc21. The number of fused-ring (bicyclic) bond motifs is 2. The maximum absolute atomic E-state index is 12.2. The molecule has 3 aromatic rings. The Kier molecular flexibility index (Phi) is 4.14. The lowest BCUT2D eigenvalue weighted by molar-refractivity contribution is 0.239. The van der Waals surface area contributed by atoms with E-state index >= 15 is 0 Å². The first-order chi connectivity index (χ1) is 12.2. The Bertz CT molecular complexity index is 915. The Morgan fingerprint density at radius 2 is 2.04 bits per heavy atom. The van der Waals surface area contributed by atoms with Crippen molar-refractivity contribution in [1.82, 2.24) is 20.0 Å². The fourth-order valence-electron chi connectivity index (χ4n) is 3.68. The third-order valence-electron chi connectivity index (χ3n) is 5.01. The minimum atomic E-state index is -0.130. The first-order valence-corrected chi connectivity index (χ1v) is 8.74. The fraction of sp³-hybridized carbons (Fsp3) is 0.300. The summed E-state index contributed by atoms with van der Waals surface area (Å²) in [5.41, 5.74) is 5.64. The number of nitrogens with one attached hydrogen (secondary N) is 2. The quantitative estimate of drug-likeness (QED) is 0.770. The zero-order chi connectivity index (χ0) is 17.2. The van der Waals surface area contributed by atoms with E-state index in [2.05, 4.69) is 39.9 Å². The van der Waals surface area contributed by atoms with Crippen LogP contribution in [0.15, 0.2) is 48.7 Å². The second kappa shape index (κ2) is 6.59. The van der Waals surface area contributed by atoms with Gasteiger partial charge < -0.3 is 15.0 Å². The molecule has 0 aliphatic heterocycles. The third-order valence-corrected chi connectivity index (χ3v) is 5.01. The summed E-state index contributed by atoms with van der Waals surface area (Å²) in [6.45, 7) is 3.11. The average molecular weight is 334 g/mol. The molecule has 2 amide bonds. The summed E-state index contributed by atoms with van der Waals surface area (Å²) >= 11 is 0. The first-order valence-electron chi connectivity index (χ1n) is 8.74. The van der Waals surface area contributed by atoms with Gasteiger partial charge in [0.1, 0.15) is 5.65 Å². The van der Waals surface area contributed by atoms with Gasteiger partial charge in [0, 0.05) is 18.7 Å². The molecule has 0 bridgehead atoms. The van der Waals surface area contributed by atoms with Gasteiger partial charge in [-0.15, -0.1) is 0 Å². The van der Waals surface area contributed by atoms with Crippen molar-refractivity contribution < 1.29 is 4.79 Å². The topological polar surface area (TPSA) is 58.4 Å². The molecule has 0 radical (unpaired) electrons. The van der Waals surface area contributed by atoms with Crippen molar-refractivity contribution in [1.29, 1.82) is 0 Å². The van der Waals surface area contributed by atoms with Crippen LogP contribution in [0.1, 0.15) is 34.9 Å². The van der Waals surface area contributed by atoms with Gasteiger partial charge in [0.15, 0.2) is 0 Å². The highest BCUT2D eigenvalue weighted by atomic mass is 16.2. The average Bonchev–Trinajstić information content (AvgIpc) is 3.18. The Labute approximate surface area is 147 Å². The normalized spacial score (nSPS) is 16.0. The lowest BCUT2D eigenvalue weighted by atomic mass is 10.0. The summed E-state index contributed by atoms with van der Waals surface area (Å²) in [5, 5.41) is 5.97. The molecule has 0 saturated carbocycles. The Hall–Kier alpha value is -2.82. The molecule has 5 nitrogen and oxygen atoms in total. The smallest absolute Gasteiger partial charge is 0.315 e. The third kappa shape index (κ3) is 3.09. The Morgan fingerprint density at radius 1 is 1.20 bits per heavy atom. The largest absolute Gasteiger partial charge is 0.338 e. The number of hydrogen-bond donors (Lipinski definition) is 2. The van der Waals surface area contributed by atoms with Crippen LogP contribution in [0.5, 0.6) is 0 Å². The maximum atomic E-state index is 12.2. The second-order valence-electron chi connectivity index (χ2n) is 6.57. The van der Waals surface area contributed by atoms with E-state index in [1.54, 1.807) is 0 Å². The van der Waals surface area contributed by atoms with Crippen molar-refractivity contribution in [3.63, 3.8) is 0 Å². The minimum Gasteiger partial charge on any atom is -0.338 e. The molecule has 1 unspecified atom stereocenters. The van der Waals surface area contributed by atoms with Gasteiger partial charge in [0.2, 0.25) is 0 Å². The van der Waals surface area contributed by atoms with Crippen molar-refractivity contribution in [2.24, 2.45) is 0 Å². The molecule has 2 aromatic heterocycles. The number of urea groups is 1. The Morgan fingerprint density at radius 3 is 2.96 bits per heavy atom. The van der Waals surface area contributed by atoms with Crippen molar-refractivity contribution in [2.75, 3.05) is 6.54 Å². The van der Waals surface area contributed by atoms with Crippen LogP contribution in [0, 0.1) is 6.92 Å². The number of amides is 2. The van der Waals surface area contributed by atoms with Crippen molar-refractivity contribution >= 4 is 11.7 Å². The van der Waals surface area contributed by atoms with Crippen LogP contribution in [0.3, 0.4) is 0 Å². The van der Waals surface area contributed by atoms with E-state index in [1.807, 2.05) is 35.7 Å². The van der Waals surface area contributed by atoms with E-state index in [1.165, 1.54) is 11.1 Å². The van der Waals surface area contributed by atoms with Gasteiger partial charge in [0.25, 0.3) is 0 Å². The van der Waals surface area contributed by atoms with Gasteiger partial charge in [-0.2, -0.15) is 0 Å². The molecule has 5 heteroatoms. The molecule has 1 aromatic carbocycles. The molecule has 1 aliphatic carbocycles. The number of hydrogen-bond acceptors (Lipinski definition) is 2. The van der Waals surface area contributed by atoms with E-state index in [-0.39, 0.29) is 6.03 Å². The fourth-order valence-corrected chi connectivity index (χ4v) is 3.68. The first kappa shape index (κ1) is 15.7. The number of imidazole rings is 1. The van der Waals surface area contributed by atoms with E-state index < -0.39 is 0 Å². The minimum absolute atomic E-state index is 0.130. The molecule has 2 heterocycles. The highest BCUT2D eigenvalue weighted by Gasteiger charge is 2.22. The highest BCUT2D eigenvalue weighted by Crippen LogP contribution is 2.32. The van der Waals surface area contributed by atoms with Crippen LogP contribution >= 0.6 is 0 Å². The summed E-state index contributed by atoms with van der Waals surface area (Å²) in [4.78, 5) is 16.7. The standard InChI is InChI=1S/C20H22N4O/c1-14-18(24-11-5-4-8-19(24)23-14)13-22-20(25)21-12-16-10-9-15-6-2-3-7-17(15)16/h2-8,11,16H,9-10,12-13H2,1H3,(H2,21,22,25). The molecule has 0 spiro atoms.